The molecule has 0 unspecified atom stereocenters. The molecule has 122 valence electrons. The number of aryl methyl sites for hydroxylation is 1. The first-order chi connectivity index (χ1) is 11.1. The minimum absolute atomic E-state index is 0.271. The van der Waals surface area contributed by atoms with Crippen molar-refractivity contribution in [2.24, 2.45) is 4.99 Å². The first-order valence-corrected chi connectivity index (χ1v) is 8.78. The summed E-state index contributed by atoms with van der Waals surface area (Å²) < 4.78 is 37.0. The summed E-state index contributed by atoms with van der Waals surface area (Å²) in [6, 6.07) is 10.2. The maximum Gasteiger partial charge on any atom is 0.243 e. The molecule has 3 rings (SSSR count). The van der Waals surface area contributed by atoms with E-state index in [9.17, 15) is 8.42 Å². The van der Waals surface area contributed by atoms with Gasteiger partial charge in [-0.25, -0.2) is 8.42 Å². The summed E-state index contributed by atoms with van der Waals surface area (Å²) in [6.45, 7) is 3.51. The molecular formula is C16H18N2O4S. The molecule has 0 saturated carbocycles. The van der Waals surface area contributed by atoms with E-state index in [4.69, 9.17) is 9.15 Å². The predicted molar refractivity (Wildman–Crippen MR) is 86.7 cm³/mol. The highest BCUT2D eigenvalue weighted by Crippen LogP contribution is 2.20. The molecule has 0 atom stereocenters. The number of ether oxygens (including phenoxy) is 1. The van der Waals surface area contributed by atoms with Gasteiger partial charge in [0.1, 0.15) is 11.5 Å². The highest BCUT2D eigenvalue weighted by molar-refractivity contribution is 7.89. The molecule has 0 radical (unpaired) electrons. The average molecular weight is 334 g/mol. The fourth-order valence-corrected chi connectivity index (χ4v) is 3.71. The van der Waals surface area contributed by atoms with Crippen molar-refractivity contribution in [1.82, 2.24) is 4.31 Å². The average Bonchev–Trinajstić information content (AvgIpc) is 3.00. The normalized spacial score (nSPS) is 16.9. The van der Waals surface area contributed by atoms with E-state index in [2.05, 4.69) is 4.99 Å². The highest BCUT2D eigenvalue weighted by Gasteiger charge is 2.25. The summed E-state index contributed by atoms with van der Waals surface area (Å²) in [6.07, 6.45) is 1.61. The molecule has 0 amide bonds. The lowest BCUT2D eigenvalue weighted by atomic mass is 10.3. The van der Waals surface area contributed by atoms with Gasteiger partial charge in [0.05, 0.1) is 30.0 Å². The SMILES string of the molecule is Cc1ccc(C=Nc2ccc(S(=O)(=O)N3CCOCC3)cc2)o1. The van der Waals surface area contributed by atoms with Crippen molar-refractivity contribution in [3.05, 3.63) is 47.9 Å². The molecule has 23 heavy (non-hydrogen) atoms. The Morgan fingerprint density at radius 1 is 1.09 bits per heavy atom. The van der Waals surface area contributed by atoms with Crippen molar-refractivity contribution < 1.29 is 17.6 Å². The summed E-state index contributed by atoms with van der Waals surface area (Å²) in [5, 5.41) is 0. The standard InChI is InChI=1S/C16H18N2O4S/c1-13-2-5-15(22-13)12-17-14-3-6-16(7-4-14)23(19,20)18-8-10-21-11-9-18/h2-7,12H,8-11H2,1H3. The monoisotopic (exact) mass is 334 g/mol. The van der Waals surface area contributed by atoms with Gasteiger partial charge in [0.2, 0.25) is 10.0 Å². The van der Waals surface area contributed by atoms with E-state index in [1.807, 2.05) is 19.1 Å². The molecule has 0 N–H and O–H groups in total. The maximum absolute atomic E-state index is 12.5. The van der Waals surface area contributed by atoms with Gasteiger partial charge in [0, 0.05) is 13.1 Å². The van der Waals surface area contributed by atoms with Crippen LogP contribution in [-0.2, 0) is 14.8 Å². The van der Waals surface area contributed by atoms with Crippen molar-refractivity contribution in [2.45, 2.75) is 11.8 Å². The zero-order chi connectivity index (χ0) is 16.3. The number of nitrogens with zero attached hydrogens (tertiary/aromatic N) is 2. The minimum Gasteiger partial charge on any atom is -0.460 e. The molecule has 1 fully saturated rings. The number of hydrogen-bond donors (Lipinski definition) is 0. The lowest BCUT2D eigenvalue weighted by molar-refractivity contribution is 0.0730. The van der Waals surface area contributed by atoms with Crippen LogP contribution in [0.2, 0.25) is 0 Å². The smallest absolute Gasteiger partial charge is 0.243 e. The number of sulfonamides is 1. The Kier molecular flexibility index (Phi) is 4.61. The van der Waals surface area contributed by atoms with Crippen molar-refractivity contribution in [3.63, 3.8) is 0 Å². The molecule has 0 bridgehead atoms. The molecule has 0 aliphatic carbocycles. The Labute approximate surface area is 135 Å². The topological polar surface area (TPSA) is 72.1 Å². The Bertz CT molecular complexity index is 788. The third-order valence-corrected chi connectivity index (χ3v) is 5.46. The van der Waals surface area contributed by atoms with E-state index in [-0.39, 0.29) is 4.90 Å². The minimum atomic E-state index is -3.46. The Morgan fingerprint density at radius 3 is 2.39 bits per heavy atom. The lowest BCUT2D eigenvalue weighted by Crippen LogP contribution is -2.40. The van der Waals surface area contributed by atoms with Crippen LogP contribution in [0.1, 0.15) is 11.5 Å². The van der Waals surface area contributed by atoms with E-state index < -0.39 is 10.0 Å². The lowest BCUT2D eigenvalue weighted by Gasteiger charge is -2.26. The predicted octanol–water partition coefficient (Wildman–Crippen LogP) is 2.36. The first-order valence-electron chi connectivity index (χ1n) is 7.34. The third-order valence-electron chi connectivity index (χ3n) is 3.55. The van der Waals surface area contributed by atoms with Crippen LogP contribution in [0.5, 0.6) is 0 Å². The van der Waals surface area contributed by atoms with Crippen LogP contribution in [0, 0.1) is 6.92 Å². The Hall–Kier alpha value is -1.96. The summed E-state index contributed by atoms with van der Waals surface area (Å²) in [4.78, 5) is 4.55. The van der Waals surface area contributed by atoms with Gasteiger partial charge in [-0.3, -0.25) is 4.99 Å². The molecule has 7 heteroatoms. The quantitative estimate of drug-likeness (QED) is 0.805. The molecular weight excluding hydrogens is 316 g/mol. The molecule has 1 aliphatic heterocycles. The number of rotatable bonds is 4. The van der Waals surface area contributed by atoms with Gasteiger partial charge in [0.25, 0.3) is 0 Å². The van der Waals surface area contributed by atoms with E-state index >= 15 is 0 Å². The summed E-state index contributed by atoms with van der Waals surface area (Å²) >= 11 is 0. The summed E-state index contributed by atoms with van der Waals surface area (Å²) in [7, 11) is -3.46. The molecule has 1 saturated heterocycles. The summed E-state index contributed by atoms with van der Waals surface area (Å²) in [5.74, 6) is 1.48. The van der Waals surface area contributed by atoms with Crippen molar-refractivity contribution >= 4 is 21.9 Å². The number of aliphatic imine (C=N–C) groups is 1. The van der Waals surface area contributed by atoms with E-state index in [1.54, 1.807) is 30.5 Å². The zero-order valence-electron chi connectivity index (χ0n) is 12.8. The van der Waals surface area contributed by atoms with E-state index in [1.165, 1.54) is 4.31 Å². The zero-order valence-corrected chi connectivity index (χ0v) is 13.6. The fraction of sp³-hybridized carbons (Fsp3) is 0.312. The number of morpholine rings is 1. The molecule has 1 aromatic carbocycles. The van der Waals surface area contributed by atoms with Gasteiger partial charge in [-0.1, -0.05) is 0 Å². The van der Waals surface area contributed by atoms with Crippen molar-refractivity contribution in [1.29, 1.82) is 0 Å². The molecule has 1 aliphatic rings. The number of furan rings is 1. The van der Waals surface area contributed by atoms with Crippen LogP contribution in [0.3, 0.4) is 0 Å². The third kappa shape index (κ3) is 3.69. The van der Waals surface area contributed by atoms with Gasteiger partial charge < -0.3 is 9.15 Å². The first kappa shape index (κ1) is 15.9. The van der Waals surface area contributed by atoms with Gasteiger partial charge in [0.15, 0.2) is 0 Å². The van der Waals surface area contributed by atoms with Gasteiger partial charge in [-0.2, -0.15) is 4.31 Å². The molecule has 2 aromatic rings. The van der Waals surface area contributed by atoms with Crippen LogP contribution >= 0.6 is 0 Å². The molecule has 1 aromatic heterocycles. The van der Waals surface area contributed by atoms with Crippen LogP contribution in [-0.4, -0.2) is 45.2 Å². The van der Waals surface area contributed by atoms with Crippen LogP contribution < -0.4 is 0 Å². The van der Waals surface area contributed by atoms with Crippen molar-refractivity contribution in [2.75, 3.05) is 26.3 Å². The van der Waals surface area contributed by atoms with Gasteiger partial charge in [-0.15, -0.1) is 0 Å². The van der Waals surface area contributed by atoms with Gasteiger partial charge in [-0.05, 0) is 43.3 Å². The fourth-order valence-electron chi connectivity index (χ4n) is 2.30. The Balaban J connectivity index is 1.75. The number of benzene rings is 1. The van der Waals surface area contributed by atoms with Crippen molar-refractivity contribution in [3.8, 4) is 0 Å². The Morgan fingerprint density at radius 2 is 1.78 bits per heavy atom. The molecule has 0 spiro atoms. The summed E-state index contributed by atoms with van der Waals surface area (Å²) in [5.41, 5.74) is 0.667. The maximum atomic E-state index is 12.5. The molecule has 6 nitrogen and oxygen atoms in total. The second kappa shape index (κ2) is 6.66. The van der Waals surface area contributed by atoms with E-state index in [0.29, 0.717) is 37.8 Å². The molecule has 2 heterocycles. The van der Waals surface area contributed by atoms with Crippen LogP contribution in [0.4, 0.5) is 5.69 Å². The van der Waals surface area contributed by atoms with E-state index in [0.717, 1.165) is 5.76 Å². The largest absolute Gasteiger partial charge is 0.460 e. The van der Waals surface area contributed by atoms with Crippen LogP contribution in [0.15, 0.2) is 50.7 Å². The van der Waals surface area contributed by atoms with Gasteiger partial charge >= 0.3 is 0 Å². The second-order valence-electron chi connectivity index (χ2n) is 5.22. The second-order valence-corrected chi connectivity index (χ2v) is 7.15. The van der Waals surface area contributed by atoms with Crippen LogP contribution in [0.25, 0.3) is 0 Å². The highest BCUT2D eigenvalue weighted by atomic mass is 32.2. The number of hydrogen-bond acceptors (Lipinski definition) is 5.